The molecule has 3 aliphatic rings. The van der Waals surface area contributed by atoms with Crippen molar-refractivity contribution in [3.05, 3.63) is 95.1 Å². The maximum absolute atomic E-state index is 13.5. The molecule has 0 radical (unpaired) electrons. The number of anilines is 3. The lowest BCUT2D eigenvalue weighted by atomic mass is 9.65. The second-order valence-electron chi connectivity index (χ2n) is 12.2. The molecule has 1 aliphatic carbocycles. The van der Waals surface area contributed by atoms with Crippen molar-refractivity contribution in [2.75, 3.05) is 64.4 Å². The second kappa shape index (κ2) is 13.7. The van der Waals surface area contributed by atoms with E-state index in [1.54, 1.807) is 33.5 Å². The van der Waals surface area contributed by atoms with Crippen LogP contribution >= 0.6 is 12.4 Å². The van der Waals surface area contributed by atoms with Gasteiger partial charge in [0.25, 0.3) is 5.91 Å². The lowest BCUT2D eigenvalue weighted by Gasteiger charge is -2.40. The molecule has 2 N–H and O–H groups in total. The Morgan fingerprint density at radius 1 is 0.796 bits per heavy atom. The zero-order chi connectivity index (χ0) is 33.5. The van der Waals surface area contributed by atoms with Crippen LogP contribution in [0.2, 0.25) is 0 Å². The zero-order valence-electron chi connectivity index (χ0n) is 27.8. The minimum absolute atomic E-state index is 0. The third-order valence-corrected chi connectivity index (χ3v) is 9.34. The molecule has 0 unspecified atom stereocenters. The van der Waals surface area contributed by atoms with Crippen molar-refractivity contribution in [2.24, 2.45) is 11.8 Å². The summed E-state index contributed by atoms with van der Waals surface area (Å²) in [5.74, 6) is 1.16. The Labute approximate surface area is 290 Å². The molecule has 11 nitrogen and oxygen atoms in total. The number of carbonyl (C=O) groups excluding carboxylic acids is 2. The van der Waals surface area contributed by atoms with E-state index in [0.29, 0.717) is 40.0 Å². The molecule has 0 saturated carbocycles. The fourth-order valence-corrected chi connectivity index (χ4v) is 6.97. The highest BCUT2D eigenvalue weighted by molar-refractivity contribution is 6.04. The first-order valence-electron chi connectivity index (χ1n) is 15.6. The van der Waals surface area contributed by atoms with Crippen molar-refractivity contribution in [1.29, 1.82) is 0 Å². The summed E-state index contributed by atoms with van der Waals surface area (Å²) in [6, 6.07) is 22.4. The molecule has 2 heterocycles. The molecule has 0 bridgehead atoms. The predicted molar refractivity (Wildman–Crippen MR) is 187 cm³/mol. The maximum atomic E-state index is 13.5. The minimum atomic E-state index is -0.504. The third-order valence-electron chi connectivity index (χ3n) is 9.34. The Morgan fingerprint density at radius 3 is 2.00 bits per heavy atom. The summed E-state index contributed by atoms with van der Waals surface area (Å²) in [5, 5.41) is 6.64. The van der Waals surface area contributed by atoms with E-state index in [4.69, 9.17) is 28.4 Å². The summed E-state index contributed by atoms with van der Waals surface area (Å²) in [7, 11) is 8.61. The lowest BCUT2D eigenvalue weighted by molar-refractivity contribution is -0.141. The van der Waals surface area contributed by atoms with Gasteiger partial charge in [-0.1, -0.05) is 0 Å². The van der Waals surface area contributed by atoms with Crippen molar-refractivity contribution < 1.29 is 38.0 Å². The number of halogens is 1. The van der Waals surface area contributed by atoms with Gasteiger partial charge in [0.15, 0.2) is 23.0 Å². The van der Waals surface area contributed by atoms with Crippen molar-refractivity contribution >= 4 is 41.3 Å². The SMILES string of the molecule is COc1cc([C@@H]2c3cc4c(cc3[C@@H](Nc3ccc(NC(=O)c5ccc(N(C)C)cc5)cc3)[C@H]3COC(=O)[C@H]23)OCO4)cc(OC)c1OC.Cl. The first-order valence-corrected chi connectivity index (χ1v) is 15.6. The predicted octanol–water partition coefficient (Wildman–Crippen LogP) is 6.27. The van der Waals surface area contributed by atoms with Crippen molar-refractivity contribution in [3.63, 3.8) is 0 Å². The molecule has 1 saturated heterocycles. The van der Waals surface area contributed by atoms with Crippen LogP contribution in [0.5, 0.6) is 28.7 Å². The molecule has 1 fully saturated rings. The van der Waals surface area contributed by atoms with Crippen LogP contribution < -0.4 is 39.2 Å². The molecule has 7 rings (SSSR count). The number of cyclic esters (lactones) is 1. The number of fused-ring (bicyclic) bond motifs is 3. The van der Waals surface area contributed by atoms with Crippen LogP contribution in [0.4, 0.5) is 17.1 Å². The molecule has 4 atom stereocenters. The van der Waals surface area contributed by atoms with Gasteiger partial charge in [-0.25, -0.2) is 0 Å². The number of benzene rings is 4. The van der Waals surface area contributed by atoms with E-state index in [-0.39, 0.29) is 55.6 Å². The molecule has 256 valence electrons. The highest BCUT2D eigenvalue weighted by atomic mass is 35.5. The van der Waals surface area contributed by atoms with E-state index in [0.717, 1.165) is 28.1 Å². The van der Waals surface area contributed by atoms with Gasteiger partial charge in [0.05, 0.1) is 39.9 Å². The molecule has 0 spiro atoms. The van der Waals surface area contributed by atoms with Crippen LogP contribution in [0.25, 0.3) is 0 Å². The van der Waals surface area contributed by atoms with Crippen LogP contribution in [0.15, 0.2) is 72.8 Å². The highest BCUT2D eigenvalue weighted by Gasteiger charge is 2.52. The minimum Gasteiger partial charge on any atom is -0.493 e. The molecule has 4 aromatic rings. The molecular formula is C37H38ClN3O8. The maximum Gasteiger partial charge on any atom is 0.310 e. The number of rotatable bonds is 9. The number of amides is 1. The first-order chi connectivity index (χ1) is 23.3. The summed E-state index contributed by atoms with van der Waals surface area (Å²) in [4.78, 5) is 28.4. The smallest absolute Gasteiger partial charge is 0.310 e. The second-order valence-corrected chi connectivity index (χ2v) is 12.2. The summed E-state index contributed by atoms with van der Waals surface area (Å²) in [6.45, 7) is 0.365. The van der Waals surface area contributed by atoms with E-state index in [1.807, 2.05) is 79.7 Å². The fourth-order valence-electron chi connectivity index (χ4n) is 6.97. The fraction of sp³-hybridized carbons (Fsp3) is 0.297. The molecule has 2 aliphatic heterocycles. The first kappa shape index (κ1) is 33.6. The summed E-state index contributed by atoms with van der Waals surface area (Å²) in [5.41, 5.74) is 5.77. The average Bonchev–Trinajstić information content (AvgIpc) is 3.73. The molecule has 4 aromatic carbocycles. The lowest BCUT2D eigenvalue weighted by Crippen LogP contribution is -2.37. The van der Waals surface area contributed by atoms with E-state index < -0.39 is 5.92 Å². The highest BCUT2D eigenvalue weighted by Crippen LogP contribution is 2.56. The van der Waals surface area contributed by atoms with Gasteiger partial charge < -0.3 is 44.0 Å². The van der Waals surface area contributed by atoms with E-state index >= 15 is 0 Å². The van der Waals surface area contributed by atoms with Gasteiger partial charge in [-0.15, -0.1) is 12.4 Å². The summed E-state index contributed by atoms with van der Waals surface area (Å²) in [6.07, 6.45) is 0. The van der Waals surface area contributed by atoms with Crippen molar-refractivity contribution in [1.82, 2.24) is 0 Å². The van der Waals surface area contributed by atoms with Gasteiger partial charge >= 0.3 is 5.97 Å². The molecule has 1 amide bonds. The van der Waals surface area contributed by atoms with Gasteiger partial charge in [-0.2, -0.15) is 0 Å². The number of carbonyl (C=O) groups is 2. The quantitative estimate of drug-likeness (QED) is 0.195. The summed E-state index contributed by atoms with van der Waals surface area (Å²) >= 11 is 0. The Balaban J connectivity index is 0.00000417. The molecule has 0 aromatic heterocycles. The average molecular weight is 688 g/mol. The summed E-state index contributed by atoms with van der Waals surface area (Å²) < 4.78 is 34.3. The largest absolute Gasteiger partial charge is 0.493 e. The van der Waals surface area contributed by atoms with E-state index in [2.05, 4.69) is 10.6 Å². The third kappa shape index (κ3) is 6.10. The molecule has 12 heteroatoms. The van der Waals surface area contributed by atoms with Gasteiger partial charge in [-0.05, 0) is 89.5 Å². The number of ether oxygens (including phenoxy) is 6. The van der Waals surface area contributed by atoms with Gasteiger partial charge in [0.1, 0.15) is 0 Å². The van der Waals surface area contributed by atoms with Crippen molar-refractivity contribution in [3.8, 4) is 28.7 Å². The zero-order valence-corrected chi connectivity index (χ0v) is 28.6. The number of methoxy groups -OCH3 is 3. The Bertz CT molecular complexity index is 1840. The van der Waals surface area contributed by atoms with Gasteiger partial charge in [-0.3, -0.25) is 9.59 Å². The Kier molecular flexibility index (Phi) is 9.38. The monoisotopic (exact) mass is 687 g/mol. The van der Waals surface area contributed by atoms with Crippen LogP contribution in [0.3, 0.4) is 0 Å². The van der Waals surface area contributed by atoms with Crippen LogP contribution in [-0.4, -0.2) is 60.7 Å². The Hall–Kier alpha value is -5.29. The number of nitrogens with one attached hydrogen (secondary N) is 2. The van der Waals surface area contributed by atoms with Gasteiger partial charge in [0, 0.05) is 48.6 Å². The van der Waals surface area contributed by atoms with E-state index in [1.165, 1.54) is 0 Å². The molecular weight excluding hydrogens is 650 g/mol. The van der Waals surface area contributed by atoms with E-state index in [9.17, 15) is 9.59 Å². The van der Waals surface area contributed by atoms with Crippen LogP contribution in [-0.2, 0) is 9.53 Å². The standard InChI is InChI=1S/C37H37N3O8.ClH/c1-40(2)24-12-6-20(7-13-24)36(41)39-23-10-8-22(9-11-23)38-34-26-17-29-28(47-19-48-29)16-25(26)32(33-27(34)18-46-37(33)42)21-14-30(43-3)35(45-5)31(15-21)44-4;/h6-17,27,32-34,38H,18-19H2,1-5H3,(H,39,41);1H/t27-,32+,33-,34+;/m0./s1. The Morgan fingerprint density at radius 2 is 1.41 bits per heavy atom. The molecule has 49 heavy (non-hydrogen) atoms. The van der Waals surface area contributed by atoms with Crippen LogP contribution in [0.1, 0.15) is 39.0 Å². The topological polar surface area (TPSA) is 117 Å². The number of hydrogen-bond donors (Lipinski definition) is 2. The number of nitrogens with zero attached hydrogens (tertiary/aromatic N) is 1. The van der Waals surface area contributed by atoms with Crippen molar-refractivity contribution in [2.45, 2.75) is 12.0 Å². The van der Waals surface area contributed by atoms with Crippen LogP contribution in [0, 0.1) is 11.8 Å². The number of esters is 1. The van der Waals surface area contributed by atoms with Gasteiger partial charge in [0.2, 0.25) is 12.5 Å². The normalized spacial score (nSPS) is 19.8. The number of hydrogen-bond acceptors (Lipinski definition) is 10.